The molecule has 2 aliphatic rings. The summed E-state index contributed by atoms with van der Waals surface area (Å²) in [4.78, 5) is 45.5. The summed E-state index contributed by atoms with van der Waals surface area (Å²) in [6, 6.07) is 7.16. The van der Waals surface area contributed by atoms with E-state index < -0.39 is 0 Å². The van der Waals surface area contributed by atoms with Gasteiger partial charge in [0.1, 0.15) is 12.4 Å². The van der Waals surface area contributed by atoms with Crippen LogP contribution < -0.4 is 5.56 Å². The fourth-order valence-electron chi connectivity index (χ4n) is 3.47. The Kier molecular flexibility index (Phi) is 4.22. The first-order valence-electron chi connectivity index (χ1n) is 9.07. The minimum absolute atomic E-state index is 0.0148. The summed E-state index contributed by atoms with van der Waals surface area (Å²) in [6.07, 6.45) is 1.99. The smallest absolute Gasteiger partial charge is 0.261 e. The maximum absolute atomic E-state index is 12.7. The van der Waals surface area contributed by atoms with Crippen molar-refractivity contribution >= 4 is 22.7 Å². The number of fused-ring (bicyclic) bond motifs is 1. The van der Waals surface area contributed by atoms with Crippen molar-refractivity contribution in [2.24, 2.45) is 5.92 Å². The number of carbonyl (C=O) groups is 2. The Morgan fingerprint density at radius 1 is 1.08 bits per heavy atom. The van der Waals surface area contributed by atoms with Crippen LogP contribution in [0, 0.1) is 12.8 Å². The number of aryl methyl sites for hydroxylation is 1. The number of hydrogen-bond donors (Lipinski definition) is 0. The van der Waals surface area contributed by atoms with Gasteiger partial charge in [-0.05, 0) is 31.9 Å². The number of carbonyl (C=O) groups excluding carboxylic acids is 2. The highest BCUT2D eigenvalue weighted by Gasteiger charge is 2.35. The van der Waals surface area contributed by atoms with Gasteiger partial charge in [0.15, 0.2) is 0 Å². The first kappa shape index (κ1) is 16.8. The average molecular weight is 354 g/mol. The lowest BCUT2D eigenvalue weighted by Gasteiger charge is -2.35. The van der Waals surface area contributed by atoms with Crippen molar-refractivity contribution in [2.45, 2.75) is 26.3 Å². The molecule has 1 aliphatic heterocycles. The van der Waals surface area contributed by atoms with Crippen molar-refractivity contribution in [1.82, 2.24) is 19.4 Å². The van der Waals surface area contributed by atoms with Crippen LogP contribution in [0.5, 0.6) is 0 Å². The molecule has 7 heteroatoms. The lowest BCUT2D eigenvalue weighted by Crippen LogP contribution is -2.52. The minimum atomic E-state index is -0.191. The summed E-state index contributed by atoms with van der Waals surface area (Å²) in [6.45, 7) is 3.92. The fourth-order valence-corrected chi connectivity index (χ4v) is 3.47. The van der Waals surface area contributed by atoms with E-state index in [0.29, 0.717) is 42.9 Å². The molecule has 136 valence electrons. The van der Waals surface area contributed by atoms with Crippen molar-refractivity contribution in [3.05, 3.63) is 40.4 Å². The van der Waals surface area contributed by atoms with E-state index in [9.17, 15) is 14.4 Å². The third kappa shape index (κ3) is 3.09. The van der Waals surface area contributed by atoms with E-state index in [1.165, 1.54) is 4.57 Å². The van der Waals surface area contributed by atoms with Gasteiger partial charge in [-0.25, -0.2) is 4.98 Å². The molecule has 7 nitrogen and oxygen atoms in total. The molecular weight excluding hydrogens is 332 g/mol. The van der Waals surface area contributed by atoms with Crippen molar-refractivity contribution < 1.29 is 9.59 Å². The molecule has 1 saturated carbocycles. The molecule has 1 saturated heterocycles. The van der Waals surface area contributed by atoms with Gasteiger partial charge in [-0.1, -0.05) is 12.1 Å². The van der Waals surface area contributed by atoms with Gasteiger partial charge >= 0.3 is 0 Å². The number of amides is 2. The number of rotatable bonds is 3. The van der Waals surface area contributed by atoms with E-state index in [0.717, 1.165) is 12.8 Å². The quantitative estimate of drug-likeness (QED) is 0.817. The number of para-hydroxylation sites is 1. The number of hydrogen-bond acceptors (Lipinski definition) is 4. The zero-order valence-corrected chi connectivity index (χ0v) is 14.9. The molecule has 1 aromatic carbocycles. The monoisotopic (exact) mass is 354 g/mol. The Bertz CT molecular complexity index is 924. The molecule has 0 spiro atoms. The third-order valence-corrected chi connectivity index (χ3v) is 5.22. The number of aromatic nitrogens is 2. The Balaban J connectivity index is 1.46. The van der Waals surface area contributed by atoms with Crippen LogP contribution >= 0.6 is 0 Å². The Morgan fingerprint density at radius 2 is 1.73 bits per heavy atom. The first-order valence-corrected chi connectivity index (χ1v) is 9.07. The van der Waals surface area contributed by atoms with E-state index in [2.05, 4.69) is 4.98 Å². The summed E-state index contributed by atoms with van der Waals surface area (Å²) in [5.74, 6) is 0.862. The third-order valence-electron chi connectivity index (χ3n) is 5.22. The van der Waals surface area contributed by atoms with Crippen molar-refractivity contribution in [1.29, 1.82) is 0 Å². The largest absolute Gasteiger partial charge is 0.339 e. The average Bonchev–Trinajstić information content (AvgIpc) is 3.50. The highest BCUT2D eigenvalue weighted by atomic mass is 16.2. The molecule has 26 heavy (non-hydrogen) atoms. The van der Waals surface area contributed by atoms with E-state index in [1.807, 2.05) is 11.0 Å². The summed E-state index contributed by atoms with van der Waals surface area (Å²) in [5, 5.41) is 0.519. The van der Waals surface area contributed by atoms with E-state index >= 15 is 0 Å². The highest BCUT2D eigenvalue weighted by molar-refractivity contribution is 5.82. The minimum Gasteiger partial charge on any atom is -0.339 e. The van der Waals surface area contributed by atoms with Crippen LogP contribution in [0.1, 0.15) is 18.7 Å². The first-order chi connectivity index (χ1) is 12.5. The summed E-state index contributed by atoms with van der Waals surface area (Å²) in [7, 11) is 0. The molecule has 4 rings (SSSR count). The number of nitrogens with zero attached hydrogens (tertiary/aromatic N) is 4. The van der Waals surface area contributed by atoms with Gasteiger partial charge in [0.2, 0.25) is 11.8 Å². The zero-order chi connectivity index (χ0) is 18.3. The van der Waals surface area contributed by atoms with E-state index in [4.69, 9.17) is 0 Å². The van der Waals surface area contributed by atoms with Gasteiger partial charge < -0.3 is 9.80 Å². The molecule has 0 unspecified atom stereocenters. The predicted molar refractivity (Wildman–Crippen MR) is 96.6 cm³/mol. The standard InChI is InChI=1S/C19H22N4O3/c1-13-20-16-5-3-2-4-15(16)19(26)23(13)12-17(24)21-8-10-22(11-9-21)18(25)14-6-7-14/h2-5,14H,6-12H2,1H3. The Morgan fingerprint density at radius 3 is 2.42 bits per heavy atom. The fraction of sp³-hybridized carbons (Fsp3) is 0.474. The van der Waals surface area contributed by atoms with Crippen LogP contribution in [0.15, 0.2) is 29.1 Å². The van der Waals surface area contributed by atoms with Gasteiger partial charge in [-0.2, -0.15) is 0 Å². The summed E-state index contributed by atoms with van der Waals surface area (Å²) in [5.41, 5.74) is 0.454. The van der Waals surface area contributed by atoms with Crippen LogP contribution in [0.2, 0.25) is 0 Å². The van der Waals surface area contributed by atoms with Crippen LogP contribution in [-0.4, -0.2) is 57.3 Å². The summed E-state index contributed by atoms with van der Waals surface area (Å²) < 4.78 is 1.44. The van der Waals surface area contributed by atoms with Gasteiger partial charge in [0.25, 0.3) is 5.56 Å². The second-order valence-electron chi connectivity index (χ2n) is 7.05. The van der Waals surface area contributed by atoms with Gasteiger partial charge in [-0.15, -0.1) is 0 Å². The SMILES string of the molecule is Cc1nc2ccccc2c(=O)n1CC(=O)N1CCN(C(=O)C2CC2)CC1. The second-order valence-corrected chi connectivity index (χ2v) is 7.05. The predicted octanol–water partition coefficient (Wildman–Crippen LogP) is 0.786. The van der Waals surface area contributed by atoms with Gasteiger partial charge in [-0.3, -0.25) is 19.0 Å². The number of piperazine rings is 1. The molecule has 1 aromatic heterocycles. The number of benzene rings is 1. The van der Waals surface area contributed by atoms with Gasteiger partial charge in [0.05, 0.1) is 10.9 Å². The maximum atomic E-state index is 12.7. The normalized spacial score (nSPS) is 17.6. The Labute approximate surface area is 151 Å². The van der Waals surface area contributed by atoms with Crippen LogP contribution in [0.25, 0.3) is 10.9 Å². The lowest BCUT2D eigenvalue weighted by molar-refractivity contribution is -0.140. The Hall–Kier alpha value is -2.70. The zero-order valence-electron chi connectivity index (χ0n) is 14.9. The molecule has 2 fully saturated rings. The van der Waals surface area contributed by atoms with E-state index in [-0.39, 0.29) is 29.8 Å². The molecular formula is C19H22N4O3. The molecule has 2 aromatic rings. The molecule has 0 radical (unpaired) electrons. The van der Waals surface area contributed by atoms with Crippen LogP contribution in [-0.2, 0) is 16.1 Å². The van der Waals surface area contributed by atoms with Crippen LogP contribution in [0.3, 0.4) is 0 Å². The lowest BCUT2D eigenvalue weighted by atomic mass is 10.2. The molecule has 1 aliphatic carbocycles. The summed E-state index contributed by atoms with van der Waals surface area (Å²) >= 11 is 0. The highest BCUT2D eigenvalue weighted by Crippen LogP contribution is 2.31. The second kappa shape index (κ2) is 6.55. The van der Waals surface area contributed by atoms with Crippen molar-refractivity contribution in [2.75, 3.05) is 26.2 Å². The van der Waals surface area contributed by atoms with Gasteiger partial charge in [0, 0.05) is 32.1 Å². The molecule has 0 atom stereocenters. The van der Waals surface area contributed by atoms with Crippen molar-refractivity contribution in [3.63, 3.8) is 0 Å². The molecule has 2 heterocycles. The van der Waals surface area contributed by atoms with Crippen LogP contribution in [0.4, 0.5) is 0 Å². The van der Waals surface area contributed by atoms with E-state index in [1.54, 1.807) is 30.0 Å². The molecule has 2 amide bonds. The van der Waals surface area contributed by atoms with Crippen molar-refractivity contribution in [3.8, 4) is 0 Å². The maximum Gasteiger partial charge on any atom is 0.261 e. The molecule has 0 N–H and O–H groups in total. The molecule has 0 bridgehead atoms. The topological polar surface area (TPSA) is 75.5 Å².